The van der Waals surface area contributed by atoms with Crippen LogP contribution in [0.25, 0.3) is 10.2 Å². The lowest BCUT2D eigenvalue weighted by Gasteiger charge is -2.04. The van der Waals surface area contributed by atoms with E-state index < -0.39 is 0 Å². The first-order chi connectivity index (χ1) is 13.8. The number of hydrogen-bond acceptors (Lipinski definition) is 7. The van der Waals surface area contributed by atoms with Crippen LogP contribution in [0.1, 0.15) is 5.56 Å². The lowest BCUT2D eigenvalue weighted by molar-refractivity contribution is -0.113. The molecule has 0 fully saturated rings. The number of thiazole rings is 1. The Labute approximate surface area is 179 Å². The zero-order chi connectivity index (χ0) is 19.2. The summed E-state index contributed by atoms with van der Waals surface area (Å²) in [5, 5.41) is 8.12. The molecule has 0 bridgehead atoms. The maximum absolute atomic E-state index is 12.2. The highest BCUT2D eigenvalue weighted by Gasteiger charge is 2.08. The van der Waals surface area contributed by atoms with E-state index >= 15 is 0 Å². The summed E-state index contributed by atoms with van der Waals surface area (Å²) >= 11 is 6.62. The lowest BCUT2D eigenvalue weighted by atomic mass is 10.3. The number of fused-ring (bicyclic) bond motifs is 1. The zero-order valence-corrected chi connectivity index (χ0v) is 18.1. The molecule has 3 heterocycles. The van der Waals surface area contributed by atoms with Crippen molar-refractivity contribution >= 4 is 68.0 Å². The Morgan fingerprint density at radius 3 is 2.93 bits per heavy atom. The summed E-state index contributed by atoms with van der Waals surface area (Å²) in [6, 6.07) is 13.7. The average Bonchev–Trinajstić information content (AvgIpc) is 3.36. The number of nitrogens with one attached hydrogen (secondary N) is 1. The van der Waals surface area contributed by atoms with E-state index in [-0.39, 0.29) is 5.91 Å². The summed E-state index contributed by atoms with van der Waals surface area (Å²) in [6.07, 6.45) is 2.78. The Hall–Kier alpha value is -1.87. The molecular formula is C20H17N3OS4. The summed E-state index contributed by atoms with van der Waals surface area (Å²) < 4.78 is 2.16. The molecule has 0 aliphatic heterocycles. The van der Waals surface area contributed by atoms with Crippen LogP contribution in [0.4, 0.5) is 5.69 Å². The number of benzene rings is 1. The van der Waals surface area contributed by atoms with E-state index in [1.165, 1.54) is 17.3 Å². The number of thiophene rings is 1. The second kappa shape index (κ2) is 9.56. The number of aromatic nitrogens is 2. The molecule has 0 atom stereocenters. The molecule has 4 aromatic rings. The first kappa shape index (κ1) is 19.4. The van der Waals surface area contributed by atoms with Gasteiger partial charge in [0.2, 0.25) is 5.91 Å². The van der Waals surface area contributed by atoms with Crippen molar-refractivity contribution in [2.24, 2.45) is 0 Å². The molecule has 1 N–H and O–H groups in total. The van der Waals surface area contributed by atoms with Crippen LogP contribution in [0.5, 0.6) is 0 Å². The predicted octanol–water partition coefficient (Wildman–Crippen LogP) is 5.82. The van der Waals surface area contributed by atoms with Crippen molar-refractivity contribution in [3.63, 3.8) is 0 Å². The molecule has 1 amide bonds. The average molecular weight is 444 g/mol. The fourth-order valence-corrected chi connectivity index (χ4v) is 6.03. The van der Waals surface area contributed by atoms with Gasteiger partial charge in [-0.15, -0.1) is 11.3 Å². The van der Waals surface area contributed by atoms with E-state index in [1.807, 2.05) is 36.4 Å². The number of rotatable bonds is 8. The van der Waals surface area contributed by atoms with Gasteiger partial charge in [0.1, 0.15) is 0 Å². The van der Waals surface area contributed by atoms with E-state index in [1.54, 1.807) is 40.6 Å². The number of carbonyl (C=O) groups is 1. The van der Waals surface area contributed by atoms with Gasteiger partial charge in [-0.1, -0.05) is 29.6 Å². The van der Waals surface area contributed by atoms with E-state index in [9.17, 15) is 4.79 Å². The molecule has 0 saturated heterocycles. The minimum absolute atomic E-state index is 0.0371. The summed E-state index contributed by atoms with van der Waals surface area (Å²) in [6.45, 7) is 0. The van der Waals surface area contributed by atoms with E-state index in [2.05, 4.69) is 32.1 Å². The van der Waals surface area contributed by atoms with Gasteiger partial charge in [0.25, 0.3) is 0 Å². The Morgan fingerprint density at radius 1 is 1.14 bits per heavy atom. The molecule has 4 nitrogen and oxygen atoms in total. The van der Waals surface area contributed by atoms with Crippen molar-refractivity contribution in [1.29, 1.82) is 0 Å². The van der Waals surface area contributed by atoms with Crippen LogP contribution in [0.2, 0.25) is 0 Å². The third kappa shape index (κ3) is 5.35. The summed E-state index contributed by atoms with van der Waals surface area (Å²) in [5.74, 6) is 1.32. The molecule has 142 valence electrons. The number of hydrogen-bond donors (Lipinski definition) is 1. The minimum atomic E-state index is -0.0371. The smallest absolute Gasteiger partial charge is 0.234 e. The van der Waals surface area contributed by atoms with Gasteiger partial charge in [-0.2, -0.15) is 11.3 Å². The molecule has 4 rings (SSSR count). The third-order valence-corrected chi connectivity index (χ3v) is 7.68. The van der Waals surface area contributed by atoms with Gasteiger partial charge in [0.05, 0.1) is 21.0 Å². The normalized spacial score (nSPS) is 11.0. The van der Waals surface area contributed by atoms with Crippen LogP contribution in [0.3, 0.4) is 0 Å². The van der Waals surface area contributed by atoms with Crippen molar-refractivity contribution in [3.8, 4) is 0 Å². The molecule has 0 unspecified atom stereocenters. The molecule has 0 aliphatic rings. The Bertz CT molecular complexity index is 1050. The summed E-state index contributed by atoms with van der Waals surface area (Å²) in [5.41, 5.74) is 3.16. The molecular weight excluding hydrogens is 427 g/mol. The maximum atomic E-state index is 12.2. The van der Waals surface area contributed by atoms with Crippen LogP contribution >= 0.6 is 46.2 Å². The van der Waals surface area contributed by atoms with Crippen molar-refractivity contribution in [2.75, 3.05) is 16.8 Å². The highest BCUT2D eigenvalue weighted by atomic mass is 32.2. The Kier molecular flexibility index (Phi) is 6.64. The molecule has 28 heavy (non-hydrogen) atoms. The highest BCUT2D eigenvalue weighted by molar-refractivity contribution is 8.01. The topological polar surface area (TPSA) is 54.9 Å². The van der Waals surface area contributed by atoms with Crippen LogP contribution in [0, 0.1) is 0 Å². The molecule has 8 heteroatoms. The highest BCUT2D eigenvalue weighted by Crippen LogP contribution is 2.31. The lowest BCUT2D eigenvalue weighted by Crippen LogP contribution is -2.13. The van der Waals surface area contributed by atoms with E-state index in [0.29, 0.717) is 5.75 Å². The number of amides is 1. The number of carbonyl (C=O) groups excluding carboxylic acids is 1. The van der Waals surface area contributed by atoms with Gasteiger partial charge < -0.3 is 5.32 Å². The zero-order valence-electron chi connectivity index (χ0n) is 14.8. The van der Waals surface area contributed by atoms with E-state index in [0.717, 1.165) is 37.4 Å². The van der Waals surface area contributed by atoms with Gasteiger partial charge >= 0.3 is 0 Å². The number of nitrogens with zero attached hydrogens (tertiary/aromatic N) is 2. The first-order valence-corrected chi connectivity index (χ1v) is 12.4. The van der Waals surface area contributed by atoms with E-state index in [4.69, 9.17) is 0 Å². The maximum Gasteiger partial charge on any atom is 0.234 e. The second-order valence-electron chi connectivity index (χ2n) is 5.90. The number of aryl methyl sites for hydroxylation is 1. The Balaban J connectivity index is 1.32. The van der Waals surface area contributed by atoms with Crippen LogP contribution in [-0.4, -0.2) is 27.4 Å². The quantitative estimate of drug-likeness (QED) is 0.348. The van der Waals surface area contributed by atoms with Crippen LogP contribution in [0.15, 0.2) is 68.8 Å². The number of anilines is 1. The minimum Gasteiger partial charge on any atom is -0.325 e. The fraction of sp³-hybridized carbons (Fsp3) is 0.150. The van der Waals surface area contributed by atoms with Crippen molar-refractivity contribution in [2.45, 2.75) is 15.8 Å². The van der Waals surface area contributed by atoms with Gasteiger partial charge in [-0.3, -0.25) is 4.79 Å². The third-order valence-electron chi connectivity index (χ3n) is 3.84. The predicted molar refractivity (Wildman–Crippen MR) is 122 cm³/mol. The SMILES string of the molecule is O=C(CSc1ccccn1)Nc1ccc2nc(SCCc3ccsc3)sc2c1. The molecule has 0 radical (unpaired) electrons. The van der Waals surface area contributed by atoms with Crippen molar-refractivity contribution < 1.29 is 4.79 Å². The summed E-state index contributed by atoms with van der Waals surface area (Å²) in [4.78, 5) is 21.1. The van der Waals surface area contributed by atoms with Crippen molar-refractivity contribution in [3.05, 3.63) is 65.0 Å². The number of thioether (sulfide) groups is 2. The molecule has 0 spiro atoms. The largest absolute Gasteiger partial charge is 0.325 e. The van der Waals surface area contributed by atoms with Gasteiger partial charge in [-0.25, -0.2) is 9.97 Å². The summed E-state index contributed by atoms with van der Waals surface area (Å²) in [7, 11) is 0. The Morgan fingerprint density at radius 2 is 2.11 bits per heavy atom. The molecule has 1 aromatic carbocycles. The second-order valence-corrected chi connectivity index (χ2v) is 10.0. The van der Waals surface area contributed by atoms with Gasteiger partial charge in [0.15, 0.2) is 4.34 Å². The first-order valence-electron chi connectivity index (χ1n) is 8.64. The fourth-order valence-electron chi connectivity index (χ4n) is 2.50. The molecule has 0 aliphatic carbocycles. The molecule has 3 aromatic heterocycles. The van der Waals surface area contributed by atoms with Gasteiger partial charge in [0, 0.05) is 17.6 Å². The van der Waals surface area contributed by atoms with Crippen LogP contribution in [-0.2, 0) is 11.2 Å². The van der Waals surface area contributed by atoms with Crippen LogP contribution < -0.4 is 5.32 Å². The monoisotopic (exact) mass is 443 g/mol. The number of pyridine rings is 1. The molecule has 0 saturated carbocycles. The standard InChI is InChI=1S/C20H17N3OS4/c24-18(13-27-19-3-1-2-8-21-19)22-15-4-5-16-17(11-15)28-20(23-16)26-10-7-14-6-9-25-12-14/h1-6,8-9,11-12H,7,10,13H2,(H,22,24). The van der Waals surface area contributed by atoms with Crippen molar-refractivity contribution in [1.82, 2.24) is 9.97 Å². The van der Waals surface area contributed by atoms with Gasteiger partial charge in [-0.05, 0) is 59.1 Å².